The number of fused-ring (bicyclic) bond motifs is 1. The number of sulfone groups is 1. The molecule has 0 spiro atoms. The highest BCUT2D eigenvalue weighted by atomic mass is 32.2. The lowest BCUT2D eigenvalue weighted by Crippen LogP contribution is -2.47. The topological polar surface area (TPSA) is 191 Å². The Morgan fingerprint density at radius 1 is 1.09 bits per heavy atom. The molecular weight excluding hydrogens is 619 g/mol. The first-order valence-corrected chi connectivity index (χ1v) is 17.3. The van der Waals surface area contributed by atoms with Crippen LogP contribution in [0.2, 0.25) is 0 Å². The van der Waals surface area contributed by atoms with Gasteiger partial charge in [0, 0.05) is 38.9 Å². The number of benzene rings is 2. The van der Waals surface area contributed by atoms with E-state index in [4.69, 9.17) is 14.3 Å². The fourth-order valence-electron chi connectivity index (χ4n) is 4.59. The maximum absolute atomic E-state index is 13.4. The van der Waals surface area contributed by atoms with Crippen LogP contribution < -0.4 is 9.86 Å². The Bertz CT molecular complexity index is 1830. The lowest BCUT2D eigenvalue weighted by atomic mass is 10.0. The molecule has 0 radical (unpaired) electrons. The molecule has 43 heavy (non-hydrogen) atoms. The zero-order valence-corrected chi connectivity index (χ0v) is 25.9. The fourth-order valence-corrected chi connectivity index (χ4v) is 7.88. The van der Waals surface area contributed by atoms with Crippen LogP contribution >= 0.6 is 11.3 Å². The standard InChI is InChI=1S/C26H31N7O7S3/c1-32-8-10-33(11-9-32)26(34)19-5-3-4-17(14-19)18-6-7-20-21(15-18)41-25(29-20)23(42(35,36)13-12-39-2)24-31-30-22(40-24)16-28-43(27,37)38/h3-7,14-15,23,28H,8-13,16H2,1-2H3,(H2,27,37,38). The lowest BCUT2D eigenvalue weighted by Gasteiger charge is -2.32. The van der Waals surface area contributed by atoms with Gasteiger partial charge < -0.3 is 19.0 Å². The summed E-state index contributed by atoms with van der Waals surface area (Å²) in [5.74, 6) is -0.767. The van der Waals surface area contributed by atoms with Gasteiger partial charge in [0.15, 0.2) is 15.1 Å². The summed E-state index contributed by atoms with van der Waals surface area (Å²) in [5, 5.41) is 11.4. The number of aromatic nitrogens is 3. The molecule has 17 heteroatoms. The molecule has 1 aliphatic heterocycles. The van der Waals surface area contributed by atoms with E-state index >= 15 is 0 Å². The van der Waals surface area contributed by atoms with E-state index in [9.17, 15) is 21.6 Å². The van der Waals surface area contributed by atoms with E-state index in [2.05, 4.69) is 20.1 Å². The molecule has 0 bridgehead atoms. The molecule has 3 heterocycles. The molecule has 1 amide bonds. The number of likely N-dealkylation sites (N-methyl/N-ethyl adjacent to an activating group) is 1. The number of thiazole rings is 1. The lowest BCUT2D eigenvalue weighted by molar-refractivity contribution is 0.0664. The summed E-state index contributed by atoms with van der Waals surface area (Å²) in [6.45, 7) is 2.54. The number of piperazine rings is 1. The molecule has 230 valence electrons. The number of amides is 1. The van der Waals surface area contributed by atoms with Crippen molar-refractivity contribution >= 4 is 47.5 Å². The van der Waals surface area contributed by atoms with Gasteiger partial charge in [-0.05, 0) is 42.4 Å². The molecule has 1 atom stereocenters. The van der Waals surface area contributed by atoms with Gasteiger partial charge in [-0.25, -0.2) is 18.5 Å². The zero-order chi connectivity index (χ0) is 30.8. The van der Waals surface area contributed by atoms with Crippen LogP contribution in [0.25, 0.3) is 21.3 Å². The van der Waals surface area contributed by atoms with Crippen molar-refractivity contribution in [2.24, 2.45) is 5.14 Å². The van der Waals surface area contributed by atoms with Gasteiger partial charge in [-0.1, -0.05) is 18.2 Å². The molecule has 3 N–H and O–H groups in total. The Morgan fingerprint density at radius 2 is 1.84 bits per heavy atom. The smallest absolute Gasteiger partial charge is 0.274 e. The van der Waals surface area contributed by atoms with E-state index in [0.29, 0.717) is 28.9 Å². The minimum absolute atomic E-state index is 0.0154. The van der Waals surface area contributed by atoms with Gasteiger partial charge in [0.05, 0.1) is 29.1 Å². The van der Waals surface area contributed by atoms with E-state index in [0.717, 1.165) is 35.6 Å². The number of carbonyl (C=O) groups is 1. The Balaban J connectivity index is 1.46. The predicted octanol–water partition coefficient (Wildman–Crippen LogP) is 1.18. The minimum Gasteiger partial charge on any atom is -0.422 e. The van der Waals surface area contributed by atoms with E-state index in [-0.39, 0.29) is 35.1 Å². The zero-order valence-electron chi connectivity index (χ0n) is 23.5. The summed E-state index contributed by atoms with van der Waals surface area (Å²) in [4.78, 5) is 21.8. The van der Waals surface area contributed by atoms with Gasteiger partial charge in [0.25, 0.3) is 16.1 Å². The summed E-state index contributed by atoms with van der Waals surface area (Å²) >= 11 is 1.16. The average Bonchev–Trinajstić information content (AvgIpc) is 3.61. The molecule has 2 aromatic heterocycles. The Labute approximate surface area is 253 Å². The van der Waals surface area contributed by atoms with Gasteiger partial charge in [-0.3, -0.25) is 4.79 Å². The molecule has 5 rings (SSSR count). The summed E-state index contributed by atoms with van der Waals surface area (Å²) in [6, 6.07) is 13.0. The molecule has 2 aromatic carbocycles. The van der Waals surface area contributed by atoms with Crippen molar-refractivity contribution in [3.8, 4) is 11.1 Å². The van der Waals surface area contributed by atoms with Crippen LogP contribution in [-0.4, -0.2) is 100 Å². The number of hydrogen-bond donors (Lipinski definition) is 2. The van der Waals surface area contributed by atoms with Crippen molar-refractivity contribution in [2.45, 2.75) is 11.8 Å². The second-order valence-corrected chi connectivity index (χ2v) is 14.7. The largest absolute Gasteiger partial charge is 0.422 e. The molecule has 1 fully saturated rings. The minimum atomic E-state index is -4.03. The van der Waals surface area contributed by atoms with Gasteiger partial charge in [-0.2, -0.15) is 13.1 Å². The third-order valence-electron chi connectivity index (χ3n) is 6.93. The molecule has 0 aliphatic carbocycles. The maximum atomic E-state index is 13.4. The van der Waals surface area contributed by atoms with Crippen LogP contribution in [0.3, 0.4) is 0 Å². The summed E-state index contributed by atoms with van der Waals surface area (Å²) in [6.07, 6.45) is 0. The first-order chi connectivity index (χ1) is 20.4. The van der Waals surface area contributed by atoms with E-state index in [1.807, 2.05) is 47.0 Å². The van der Waals surface area contributed by atoms with Crippen molar-refractivity contribution in [1.29, 1.82) is 0 Å². The maximum Gasteiger partial charge on any atom is 0.274 e. The number of hydrogen-bond acceptors (Lipinski definition) is 12. The van der Waals surface area contributed by atoms with Crippen LogP contribution in [0.1, 0.15) is 32.4 Å². The molecule has 0 saturated carbocycles. The van der Waals surface area contributed by atoms with Crippen LogP contribution in [0.5, 0.6) is 0 Å². The van der Waals surface area contributed by atoms with E-state index < -0.39 is 31.8 Å². The third kappa shape index (κ3) is 7.43. The SMILES string of the molecule is COCCS(=O)(=O)C(c1nnc(CNS(N)(=O)=O)o1)c1nc2ccc(-c3cccc(C(=O)N4CCN(C)CC4)c3)cc2s1. The Kier molecular flexibility index (Phi) is 9.21. The number of ether oxygens (including phenoxy) is 1. The number of carbonyl (C=O) groups excluding carboxylic acids is 1. The van der Waals surface area contributed by atoms with E-state index in [1.54, 1.807) is 12.1 Å². The van der Waals surface area contributed by atoms with Crippen LogP contribution in [0.4, 0.5) is 0 Å². The highest BCUT2D eigenvalue weighted by Gasteiger charge is 2.36. The molecular formula is C26H31N7O7S3. The summed E-state index contributed by atoms with van der Waals surface area (Å²) < 4.78 is 62.6. The summed E-state index contributed by atoms with van der Waals surface area (Å²) in [7, 11) is -4.55. The highest BCUT2D eigenvalue weighted by Crippen LogP contribution is 2.37. The normalized spacial score (nSPS) is 15.7. The quantitative estimate of drug-likeness (QED) is 0.237. The molecule has 1 unspecified atom stereocenters. The van der Waals surface area contributed by atoms with Crippen molar-refractivity contribution in [2.75, 3.05) is 52.7 Å². The Morgan fingerprint density at radius 3 is 2.56 bits per heavy atom. The monoisotopic (exact) mass is 649 g/mol. The predicted molar refractivity (Wildman–Crippen MR) is 160 cm³/mol. The molecule has 1 saturated heterocycles. The molecule has 4 aromatic rings. The number of nitrogens with two attached hydrogens (primary N) is 1. The first-order valence-electron chi connectivity index (χ1n) is 13.2. The number of nitrogens with zero attached hydrogens (tertiary/aromatic N) is 5. The van der Waals surface area contributed by atoms with Gasteiger partial charge >= 0.3 is 0 Å². The van der Waals surface area contributed by atoms with Gasteiger partial charge in [-0.15, -0.1) is 21.5 Å². The number of nitrogens with one attached hydrogen (secondary N) is 1. The summed E-state index contributed by atoms with van der Waals surface area (Å²) in [5.41, 5.74) is 2.84. The highest BCUT2D eigenvalue weighted by molar-refractivity contribution is 7.92. The van der Waals surface area contributed by atoms with Crippen molar-refractivity contribution in [3.05, 3.63) is 64.8 Å². The van der Waals surface area contributed by atoms with Crippen LogP contribution in [0.15, 0.2) is 46.9 Å². The van der Waals surface area contributed by atoms with Gasteiger partial charge in [0.1, 0.15) is 5.01 Å². The van der Waals surface area contributed by atoms with Crippen molar-refractivity contribution in [3.63, 3.8) is 0 Å². The molecule has 1 aliphatic rings. The fraction of sp³-hybridized carbons (Fsp3) is 0.385. The van der Waals surface area contributed by atoms with Crippen LogP contribution in [-0.2, 0) is 31.3 Å². The second kappa shape index (κ2) is 12.7. The van der Waals surface area contributed by atoms with Crippen molar-refractivity contribution in [1.82, 2.24) is 29.7 Å². The van der Waals surface area contributed by atoms with Crippen molar-refractivity contribution < 1.29 is 30.8 Å². The third-order valence-corrected chi connectivity index (χ3v) is 10.6. The van der Waals surface area contributed by atoms with Crippen LogP contribution in [0, 0.1) is 0 Å². The van der Waals surface area contributed by atoms with E-state index in [1.165, 1.54) is 7.11 Å². The van der Waals surface area contributed by atoms with Gasteiger partial charge in [0.2, 0.25) is 11.8 Å². The Hall–Kier alpha value is -3.32. The molecule has 14 nitrogen and oxygen atoms in total. The second-order valence-electron chi connectivity index (χ2n) is 10.1. The number of rotatable bonds is 11. The average molecular weight is 650 g/mol. The first kappa shape index (κ1) is 31.1. The number of methoxy groups -OCH3 is 1.